The van der Waals surface area contributed by atoms with E-state index in [2.05, 4.69) is 46.3 Å². The van der Waals surface area contributed by atoms with E-state index in [4.69, 9.17) is 11.6 Å². The molecule has 27 heavy (non-hydrogen) atoms. The summed E-state index contributed by atoms with van der Waals surface area (Å²) in [7, 11) is 2.16. The monoisotopic (exact) mass is 381 g/mol. The standard InChI is InChI=1S/C21H24ClN5/c1-13-9-15(22)10-14(2)19(13)20-17-6-7-23-11-18(17)21(26-25-20)24-16-5-4-8-27(3)12-16/h6-7,9-11,16H,4-5,8,12H2,1-3H3,(H,24,26)/t16-/m1/s1. The predicted octanol–water partition coefficient (Wildman–Crippen LogP) is 4.47. The van der Waals surface area contributed by atoms with Gasteiger partial charge >= 0.3 is 0 Å². The highest BCUT2D eigenvalue weighted by atomic mass is 35.5. The van der Waals surface area contributed by atoms with Crippen molar-refractivity contribution in [2.75, 3.05) is 25.5 Å². The zero-order valence-corrected chi connectivity index (χ0v) is 16.7. The number of hydrogen-bond donors (Lipinski definition) is 1. The summed E-state index contributed by atoms with van der Waals surface area (Å²) in [6, 6.07) is 6.35. The summed E-state index contributed by atoms with van der Waals surface area (Å²) < 4.78 is 0. The molecule has 0 amide bonds. The minimum Gasteiger partial charge on any atom is -0.364 e. The second-order valence-corrected chi connectivity index (χ2v) is 7.92. The van der Waals surface area contributed by atoms with Gasteiger partial charge in [0.15, 0.2) is 5.82 Å². The highest BCUT2D eigenvalue weighted by Gasteiger charge is 2.20. The van der Waals surface area contributed by atoms with Gasteiger partial charge < -0.3 is 10.2 Å². The van der Waals surface area contributed by atoms with Crippen LogP contribution in [0.25, 0.3) is 22.0 Å². The lowest BCUT2D eigenvalue weighted by Gasteiger charge is -2.30. The molecule has 0 radical (unpaired) electrons. The van der Waals surface area contributed by atoms with Crippen LogP contribution in [0.15, 0.2) is 30.6 Å². The number of nitrogens with zero attached hydrogens (tertiary/aromatic N) is 4. The van der Waals surface area contributed by atoms with Crippen molar-refractivity contribution in [2.24, 2.45) is 0 Å². The van der Waals surface area contributed by atoms with Crippen molar-refractivity contribution in [1.82, 2.24) is 20.1 Å². The maximum atomic E-state index is 6.21. The molecule has 1 atom stereocenters. The molecule has 1 fully saturated rings. The molecule has 1 N–H and O–H groups in total. The van der Waals surface area contributed by atoms with E-state index in [0.717, 1.165) is 63.5 Å². The van der Waals surface area contributed by atoms with Gasteiger partial charge in [0.05, 0.1) is 0 Å². The lowest BCUT2D eigenvalue weighted by Crippen LogP contribution is -2.40. The fraction of sp³-hybridized carbons (Fsp3) is 0.381. The highest BCUT2D eigenvalue weighted by molar-refractivity contribution is 6.30. The summed E-state index contributed by atoms with van der Waals surface area (Å²) in [6.45, 7) is 6.29. The number of anilines is 1. The fourth-order valence-corrected chi connectivity index (χ4v) is 4.38. The Kier molecular flexibility index (Phi) is 4.98. The second-order valence-electron chi connectivity index (χ2n) is 7.48. The number of aryl methyl sites for hydroxylation is 2. The van der Waals surface area contributed by atoms with E-state index in [1.807, 2.05) is 30.6 Å². The molecule has 1 aliphatic heterocycles. The van der Waals surface area contributed by atoms with E-state index in [0.29, 0.717) is 6.04 Å². The average molecular weight is 382 g/mol. The van der Waals surface area contributed by atoms with Gasteiger partial charge in [0.1, 0.15) is 5.69 Å². The number of halogens is 1. The van der Waals surface area contributed by atoms with Crippen molar-refractivity contribution in [3.05, 3.63) is 46.7 Å². The summed E-state index contributed by atoms with van der Waals surface area (Å²) in [5.41, 5.74) is 4.17. The van der Waals surface area contributed by atoms with Gasteiger partial charge in [0.2, 0.25) is 0 Å². The molecule has 0 unspecified atom stereocenters. The van der Waals surface area contributed by atoms with Crippen LogP contribution >= 0.6 is 11.6 Å². The SMILES string of the molecule is Cc1cc(Cl)cc(C)c1-c1nnc(N[C@@H]2CCCN(C)C2)c2cnccc12. The quantitative estimate of drug-likeness (QED) is 0.725. The molecule has 3 heterocycles. The molecule has 5 nitrogen and oxygen atoms in total. The number of pyridine rings is 1. The van der Waals surface area contributed by atoms with E-state index in [-0.39, 0.29) is 0 Å². The minimum atomic E-state index is 0.381. The molecule has 6 heteroatoms. The fourth-order valence-electron chi connectivity index (χ4n) is 4.05. The molecular formula is C21H24ClN5. The number of fused-ring (bicyclic) bond motifs is 1. The summed E-state index contributed by atoms with van der Waals surface area (Å²) in [4.78, 5) is 6.69. The normalized spacial score (nSPS) is 18.0. The van der Waals surface area contributed by atoms with Gasteiger partial charge in [-0.25, -0.2) is 0 Å². The predicted molar refractivity (Wildman–Crippen MR) is 111 cm³/mol. The molecule has 1 aliphatic rings. The van der Waals surface area contributed by atoms with E-state index in [9.17, 15) is 0 Å². The van der Waals surface area contributed by atoms with Crippen LogP contribution in [0.5, 0.6) is 0 Å². The Labute approximate surface area is 164 Å². The second kappa shape index (κ2) is 7.41. The summed E-state index contributed by atoms with van der Waals surface area (Å²) in [5.74, 6) is 0.811. The van der Waals surface area contributed by atoms with Gasteiger partial charge in [0, 0.05) is 46.3 Å². The largest absolute Gasteiger partial charge is 0.364 e. The number of hydrogen-bond acceptors (Lipinski definition) is 5. The third kappa shape index (κ3) is 3.62. The van der Waals surface area contributed by atoms with Gasteiger partial charge in [0.25, 0.3) is 0 Å². The van der Waals surface area contributed by atoms with E-state index in [1.54, 1.807) is 0 Å². The van der Waals surface area contributed by atoms with Crippen LogP contribution in [0.3, 0.4) is 0 Å². The maximum absolute atomic E-state index is 6.21. The van der Waals surface area contributed by atoms with Crippen molar-refractivity contribution in [1.29, 1.82) is 0 Å². The Balaban J connectivity index is 1.79. The van der Waals surface area contributed by atoms with Gasteiger partial charge in [-0.15, -0.1) is 10.2 Å². The smallest absolute Gasteiger partial charge is 0.158 e. The summed E-state index contributed by atoms with van der Waals surface area (Å²) >= 11 is 6.21. The Morgan fingerprint density at radius 1 is 1.15 bits per heavy atom. The van der Waals surface area contributed by atoms with Crippen LogP contribution in [-0.4, -0.2) is 46.3 Å². The molecule has 2 aromatic heterocycles. The number of piperidine rings is 1. The van der Waals surface area contributed by atoms with Crippen molar-refractivity contribution in [2.45, 2.75) is 32.7 Å². The lowest BCUT2D eigenvalue weighted by atomic mass is 9.97. The van der Waals surface area contributed by atoms with Gasteiger partial charge in [-0.05, 0) is 69.6 Å². The first-order valence-electron chi connectivity index (χ1n) is 9.35. The molecule has 140 valence electrons. The number of nitrogens with one attached hydrogen (secondary N) is 1. The number of rotatable bonds is 3. The summed E-state index contributed by atoms with van der Waals surface area (Å²) in [6.07, 6.45) is 6.03. The van der Waals surface area contributed by atoms with E-state index < -0.39 is 0 Å². The molecule has 0 aliphatic carbocycles. The zero-order chi connectivity index (χ0) is 19.0. The third-order valence-corrected chi connectivity index (χ3v) is 5.50. The Bertz CT molecular complexity index is 964. The Morgan fingerprint density at radius 3 is 2.67 bits per heavy atom. The molecular weight excluding hydrogens is 358 g/mol. The molecule has 0 bridgehead atoms. The van der Waals surface area contributed by atoms with E-state index in [1.165, 1.54) is 6.42 Å². The van der Waals surface area contributed by atoms with Crippen molar-refractivity contribution in [3.8, 4) is 11.3 Å². The average Bonchev–Trinajstić information content (AvgIpc) is 2.62. The molecule has 0 spiro atoms. The Hall–Kier alpha value is -2.24. The topological polar surface area (TPSA) is 53.9 Å². The van der Waals surface area contributed by atoms with Crippen LogP contribution < -0.4 is 5.32 Å². The summed E-state index contributed by atoms with van der Waals surface area (Å²) in [5, 5.41) is 15.6. The van der Waals surface area contributed by atoms with Crippen LogP contribution in [0.4, 0.5) is 5.82 Å². The van der Waals surface area contributed by atoms with E-state index >= 15 is 0 Å². The van der Waals surface area contributed by atoms with Crippen LogP contribution in [0.2, 0.25) is 5.02 Å². The first-order chi connectivity index (χ1) is 13.0. The van der Waals surface area contributed by atoms with Gasteiger partial charge in [-0.3, -0.25) is 4.98 Å². The zero-order valence-electron chi connectivity index (χ0n) is 16.0. The minimum absolute atomic E-state index is 0.381. The van der Waals surface area contributed by atoms with Gasteiger partial charge in [-0.1, -0.05) is 11.6 Å². The molecule has 4 rings (SSSR count). The van der Waals surface area contributed by atoms with Gasteiger partial charge in [-0.2, -0.15) is 0 Å². The van der Waals surface area contributed by atoms with Crippen molar-refractivity contribution < 1.29 is 0 Å². The molecule has 0 saturated carbocycles. The number of likely N-dealkylation sites (N-methyl/N-ethyl adjacent to an activating group) is 1. The molecule has 1 aromatic carbocycles. The van der Waals surface area contributed by atoms with Crippen LogP contribution in [-0.2, 0) is 0 Å². The molecule has 1 saturated heterocycles. The number of benzene rings is 1. The van der Waals surface area contributed by atoms with Crippen LogP contribution in [0, 0.1) is 13.8 Å². The highest BCUT2D eigenvalue weighted by Crippen LogP contribution is 2.34. The van der Waals surface area contributed by atoms with Crippen molar-refractivity contribution >= 4 is 28.2 Å². The maximum Gasteiger partial charge on any atom is 0.158 e. The Morgan fingerprint density at radius 2 is 1.93 bits per heavy atom. The first-order valence-corrected chi connectivity index (χ1v) is 9.73. The first kappa shape index (κ1) is 18.1. The number of likely N-dealkylation sites (tertiary alicyclic amines) is 1. The molecule has 3 aromatic rings. The number of aromatic nitrogens is 3. The third-order valence-electron chi connectivity index (χ3n) is 5.28. The van der Waals surface area contributed by atoms with Crippen LogP contribution in [0.1, 0.15) is 24.0 Å². The lowest BCUT2D eigenvalue weighted by molar-refractivity contribution is 0.261. The van der Waals surface area contributed by atoms with Crippen molar-refractivity contribution in [3.63, 3.8) is 0 Å².